The number of alkyl halides is 3. The van der Waals surface area contributed by atoms with Gasteiger partial charge in [0.15, 0.2) is 0 Å². The fraction of sp³-hybridized carbons (Fsp3) is 0.625. The zero-order valence-corrected chi connectivity index (χ0v) is 12.3. The van der Waals surface area contributed by atoms with E-state index in [0.717, 1.165) is 24.8 Å². The zero-order chi connectivity index (χ0) is 15.5. The number of hydrogen-bond donors (Lipinski definition) is 2. The minimum atomic E-state index is -4.29. The van der Waals surface area contributed by atoms with Crippen LogP contribution in [-0.2, 0) is 12.6 Å². The summed E-state index contributed by atoms with van der Waals surface area (Å²) < 4.78 is 38.2. The number of hydrogen-bond acceptors (Lipinski definition) is 2. The predicted molar refractivity (Wildman–Crippen MR) is 77.4 cm³/mol. The molecule has 0 bridgehead atoms. The van der Waals surface area contributed by atoms with Crippen LogP contribution in [0.5, 0.6) is 0 Å². The second kappa shape index (κ2) is 6.79. The quantitative estimate of drug-likeness (QED) is 0.653. The number of benzene rings is 1. The van der Waals surface area contributed by atoms with Crippen molar-refractivity contribution in [2.24, 2.45) is 17.7 Å². The molecule has 1 unspecified atom stereocenters. The van der Waals surface area contributed by atoms with Gasteiger partial charge in [0.25, 0.3) is 0 Å². The molecule has 2 rings (SSSR count). The minimum absolute atomic E-state index is 0.0426. The first-order valence-corrected chi connectivity index (χ1v) is 7.52. The van der Waals surface area contributed by atoms with Crippen molar-refractivity contribution in [2.75, 3.05) is 0 Å². The molecule has 2 nitrogen and oxygen atoms in total. The summed E-state index contributed by atoms with van der Waals surface area (Å²) in [5, 5.41) is 0. The van der Waals surface area contributed by atoms with Gasteiger partial charge in [0.05, 0.1) is 5.56 Å². The van der Waals surface area contributed by atoms with Crippen LogP contribution in [0, 0.1) is 11.8 Å². The van der Waals surface area contributed by atoms with E-state index in [2.05, 4.69) is 12.3 Å². The van der Waals surface area contributed by atoms with Crippen molar-refractivity contribution < 1.29 is 13.2 Å². The van der Waals surface area contributed by atoms with Gasteiger partial charge >= 0.3 is 6.18 Å². The molecule has 5 heteroatoms. The van der Waals surface area contributed by atoms with Gasteiger partial charge in [-0.2, -0.15) is 13.2 Å². The smallest absolute Gasteiger partial charge is 0.271 e. The number of halogens is 3. The summed E-state index contributed by atoms with van der Waals surface area (Å²) in [6, 6.07) is 5.59. The third-order valence-electron chi connectivity index (χ3n) is 4.55. The Morgan fingerprint density at radius 3 is 2.48 bits per heavy atom. The number of nitrogens with two attached hydrogens (primary N) is 1. The predicted octanol–water partition coefficient (Wildman–Crippen LogP) is 3.91. The topological polar surface area (TPSA) is 38.0 Å². The largest absolute Gasteiger partial charge is 0.416 e. The Balaban J connectivity index is 2.05. The van der Waals surface area contributed by atoms with E-state index in [1.54, 1.807) is 6.07 Å². The summed E-state index contributed by atoms with van der Waals surface area (Å²) in [4.78, 5) is 0. The standard InChI is InChI=1S/C16H23F3N2/c1-11-5-7-13(8-6-11)15(21-20)10-12-3-2-4-14(9-12)16(17,18)19/h2-4,9,11,13,15,21H,5-8,10,20H2,1H3. The molecule has 1 aliphatic carbocycles. The van der Waals surface area contributed by atoms with E-state index in [1.165, 1.54) is 25.0 Å². The Morgan fingerprint density at radius 2 is 1.90 bits per heavy atom. The van der Waals surface area contributed by atoms with Crippen LogP contribution in [0.3, 0.4) is 0 Å². The maximum absolute atomic E-state index is 12.7. The van der Waals surface area contributed by atoms with Crippen molar-refractivity contribution in [3.63, 3.8) is 0 Å². The molecule has 1 aromatic carbocycles. The zero-order valence-electron chi connectivity index (χ0n) is 12.3. The van der Waals surface area contributed by atoms with Gasteiger partial charge < -0.3 is 0 Å². The number of rotatable bonds is 4. The van der Waals surface area contributed by atoms with Crippen LogP contribution in [0.1, 0.15) is 43.7 Å². The molecular weight excluding hydrogens is 277 g/mol. The highest BCUT2D eigenvalue weighted by molar-refractivity contribution is 5.26. The van der Waals surface area contributed by atoms with Crippen LogP contribution in [0.4, 0.5) is 13.2 Å². The van der Waals surface area contributed by atoms with Crippen LogP contribution in [-0.4, -0.2) is 6.04 Å². The van der Waals surface area contributed by atoms with Crippen molar-refractivity contribution >= 4 is 0 Å². The van der Waals surface area contributed by atoms with E-state index in [1.807, 2.05) is 0 Å². The van der Waals surface area contributed by atoms with Crippen LogP contribution in [0.15, 0.2) is 24.3 Å². The number of hydrazine groups is 1. The van der Waals surface area contributed by atoms with Gasteiger partial charge in [-0.15, -0.1) is 0 Å². The molecule has 0 radical (unpaired) electrons. The second-order valence-corrected chi connectivity index (χ2v) is 6.20. The average molecular weight is 300 g/mol. The summed E-state index contributed by atoms with van der Waals surface area (Å²) in [7, 11) is 0. The molecule has 1 aliphatic rings. The van der Waals surface area contributed by atoms with Gasteiger partial charge in [-0.05, 0) is 42.7 Å². The van der Waals surface area contributed by atoms with Gasteiger partial charge in [0, 0.05) is 6.04 Å². The highest BCUT2D eigenvalue weighted by Gasteiger charge is 2.31. The van der Waals surface area contributed by atoms with E-state index < -0.39 is 11.7 Å². The Kier molecular flexibility index (Phi) is 5.27. The third-order valence-corrected chi connectivity index (χ3v) is 4.55. The molecule has 0 heterocycles. The molecule has 0 spiro atoms. The summed E-state index contributed by atoms with van der Waals surface area (Å²) >= 11 is 0. The van der Waals surface area contributed by atoms with Gasteiger partial charge in [-0.3, -0.25) is 11.3 Å². The van der Waals surface area contributed by atoms with Crippen LogP contribution in [0.25, 0.3) is 0 Å². The molecule has 1 aromatic rings. The normalized spacial score (nSPS) is 24.8. The molecule has 0 saturated heterocycles. The summed E-state index contributed by atoms with van der Waals surface area (Å²) in [5.74, 6) is 6.83. The van der Waals surface area contributed by atoms with Crippen molar-refractivity contribution in [3.8, 4) is 0 Å². The van der Waals surface area contributed by atoms with Gasteiger partial charge in [-0.25, -0.2) is 0 Å². The lowest BCUT2D eigenvalue weighted by atomic mass is 9.78. The summed E-state index contributed by atoms with van der Waals surface area (Å²) in [6.45, 7) is 2.24. The van der Waals surface area contributed by atoms with Gasteiger partial charge in [-0.1, -0.05) is 38.0 Å². The van der Waals surface area contributed by atoms with E-state index in [-0.39, 0.29) is 6.04 Å². The minimum Gasteiger partial charge on any atom is -0.271 e. The molecule has 1 fully saturated rings. The van der Waals surface area contributed by atoms with Crippen molar-refractivity contribution in [2.45, 2.75) is 51.2 Å². The Labute approximate surface area is 123 Å². The van der Waals surface area contributed by atoms with Crippen LogP contribution < -0.4 is 11.3 Å². The van der Waals surface area contributed by atoms with E-state index in [9.17, 15) is 13.2 Å². The molecule has 1 atom stereocenters. The van der Waals surface area contributed by atoms with Crippen molar-refractivity contribution in [1.29, 1.82) is 0 Å². The summed E-state index contributed by atoms with van der Waals surface area (Å²) in [6.07, 6.45) is 0.780. The fourth-order valence-corrected chi connectivity index (χ4v) is 3.18. The van der Waals surface area contributed by atoms with Gasteiger partial charge in [0.1, 0.15) is 0 Å². The highest BCUT2D eigenvalue weighted by atomic mass is 19.4. The molecule has 0 aromatic heterocycles. The van der Waals surface area contributed by atoms with Gasteiger partial charge in [0.2, 0.25) is 0 Å². The van der Waals surface area contributed by atoms with Crippen molar-refractivity contribution in [3.05, 3.63) is 35.4 Å². The van der Waals surface area contributed by atoms with E-state index >= 15 is 0 Å². The first-order chi connectivity index (χ1) is 9.90. The molecule has 0 aliphatic heterocycles. The lowest BCUT2D eigenvalue weighted by Gasteiger charge is -2.32. The molecule has 1 saturated carbocycles. The molecule has 3 N–H and O–H groups in total. The first kappa shape index (κ1) is 16.3. The number of nitrogens with one attached hydrogen (secondary N) is 1. The van der Waals surface area contributed by atoms with E-state index in [0.29, 0.717) is 17.9 Å². The average Bonchev–Trinajstić information content (AvgIpc) is 2.45. The van der Waals surface area contributed by atoms with Crippen LogP contribution in [0.2, 0.25) is 0 Å². The monoisotopic (exact) mass is 300 g/mol. The summed E-state index contributed by atoms with van der Waals surface area (Å²) in [5.41, 5.74) is 2.91. The maximum Gasteiger partial charge on any atom is 0.416 e. The van der Waals surface area contributed by atoms with Crippen molar-refractivity contribution in [1.82, 2.24) is 5.43 Å². The first-order valence-electron chi connectivity index (χ1n) is 7.52. The highest BCUT2D eigenvalue weighted by Crippen LogP contribution is 2.33. The molecule has 21 heavy (non-hydrogen) atoms. The Bertz CT molecular complexity index is 451. The molecule has 0 amide bonds. The third kappa shape index (κ3) is 4.45. The Morgan fingerprint density at radius 1 is 1.24 bits per heavy atom. The lowest BCUT2D eigenvalue weighted by Crippen LogP contribution is -2.43. The molecule has 118 valence electrons. The van der Waals surface area contributed by atoms with E-state index in [4.69, 9.17) is 5.84 Å². The Hall–Kier alpha value is -1.07. The lowest BCUT2D eigenvalue weighted by molar-refractivity contribution is -0.137. The SMILES string of the molecule is CC1CCC(C(Cc2cccc(C(F)(F)F)c2)NN)CC1. The van der Waals surface area contributed by atoms with Crippen LogP contribution >= 0.6 is 0 Å². The fourth-order valence-electron chi connectivity index (χ4n) is 3.18. The second-order valence-electron chi connectivity index (χ2n) is 6.20. The maximum atomic E-state index is 12.7. The molecular formula is C16H23F3N2.